The van der Waals surface area contributed by atoms with E-state index in [1.807, 2.05) is 19.9 Å². The van der Waals surface area contributed by atoms with Crippen molar-refractivity contribution in [2.75, 3.05) is 13.6 Å². The molecular formula is C15H23NO3. The molecule has 0 spiro atoms. The fraction of sp³-hybridized carbons (Fsp3) is 0.667. The molecule has 2 unspecified atom stereocenters. The Hall–Kier alpha value is -1.29. The molecule has 1 N–H and O–H groups in total. The van der Waals surface area contributed by atoms with Crippen LogP contribution in [0, 0.1) is 19.8 Å². The molecule has 2 atom stereocenters. The second-order valence-electron chi connectivity index (χ2n) is 5.67. The van der Waals surface area contributed by atoms with Crippen LogP contribution in [0.1, 0.15) is 47.6 Å². The summed E-state index contributed by atoms with van der Waals surface area (Å²) in [4.78, 5) is 14.0. The van der Waals surface area contributed by atoms with Gasteiger partial charge in [0.1, 0.15) is 5.76 Å². The normalized spacial score (nSPS) is 23.4. The zero-order chi connectivity index (χ0) is 14.0. The van der Waals surface area contributed by atoms with E-state index >= 15 is 0 Å². The number of amides is 1. The van der Waals surface area contributed by atoms with E-state index in [1.165, 1.54) is 0 Å². The number of nitrogens with zero attached hydrogens (tertiary/aromatic N) is 1. The Kier molecular flexibility index (Phi) is 4.30. The summed E-state index contributed by atoms with van der Waals surface area (Å²) in [5.41, 5.74) is 0.874. The van der Waals surface area contributed by atoms with Crippen LogP contribution in [0.2, 0.25) is 0 Å². The number of carbonyl (C=O) groups excluding carboxylic acids is 1. The van der Waals surface area contributed by atoms with Crippen LogP contribution < -0.4 is 0 Å². The third-order valence-electron chi connectivity index (χ3n) is 3.96. The lowest BCUT2D eigenvalue weighted by atomic mass is 9.86. The zero-order valence-corrected chi connectivity index (χ0v) is 12.0. The topological polar surface area (TPSA) is 53.7 Å². The van der Waals surface area contributed by atoms with Crippen molar-refractivity contribution in [3.8, 4) is 0 Å². The van der Waals surface area contributed by atoms with Gasteiger partial charge in [-0.05, 0) is 32.8 Å². The maximum absolute atomic E-state index is 12.3. The molecule has 19 heavy (non-hydrogen) atoms. The Morgan fingerprint density at radius 1 is 1.42 bits per heavy atom. The van der Waals surface area contributed by atoms with Gasteiger partial charge >= 0.3 is 0 Å². The first kappa shape index (κ1) is 14.1. The maximum Gasteiger partial charge on any atom is 0.289 e. The van der Waals surface area contributed by atoms with Gasteiger partial charge in [0, 0.05) is 25.1 Å². The lowest BCUT2D eigenvalue weighted by molar-refractivity contribution is 0.0436. The lowest BCUT2D eigenvalue weighted by Gasteiger charge is -2.31. The van der Waals surface area contributed by atoms with Gasteiger partial charge in [0.05, 0.1) is 6.10 Å². The minimum Gasteiger partial charge on any atom is -0.456 e. The number of furan rings is 1. The number of hydrogen-bond donors (Lipinski definition) is 1. The summed E-state index contributed by atoms with van der Waals surface area (Å²) in [5.74, 6) is 1.28. The van der Waals surface area contributed by atoms with Crippen molar-refractivity contribution in [1.29, 1.82) is 0 Å². The third-order valence-corrected chi connectivity index (χ3v) is 3.96. The Bertz CT molecular complexity index is 452. The molecule has 1 aromatic rings. The summed E-state index contributed by atoms with van der Waals surface area (Å²) >= 11 is 0. The number of aliphatic hydroxyl groups excluding tert-OH is 1. The van der Waals surface area contributed by atoms with E-state index in [0.717, 1.165) is 37.0 Å². The van der Waals surface area contributed by atoms with Gasteiger partial charge < -0.3 is 14.4 Å². The highest BCUT2D eigenvalue weighted by Gasteiger charge is 2.27. The molecule has 1 aromatic heterocycles. The second kappa shape index (κ2) is 5.78. The summed E-state index contributed by atoms with van der Waals surface area (Å²) in [6.45, 7) is 4.32. The number of aryl methyl sites for hydroxylation is 2. The molecule has 1 aliphatic carbocycles. The number of rotatable bonds is 3. The van der Waals surface area contributed by atoms with Crippen molar-refractivity contribution in [3.05, 3.63) is 23.2 Å². The average molecular weight is 265 g/mol. The summed E-state index contributed by atoms with van der Waals surface area (Å²) in [6.07, 6.45) is 3.80. The van der Waals surface area contributed by atoms with Crippen molar-refractivity contribution in [2.24, 2.45) is 5.92 Å². The molecule has 0 aliphatic heterocycles. The first-order valence-electron chi connectivity index (χ1n) is 6.99. The molecule has 0 radical (unpaired) electrons. The van der Waals surface area contributed by atoms with Crippen molar-refractivity contribution >= 4 is 5.91 Å². The van der Waals surface area contributed by atoms with Crippen molar-refractivity contribution in [3.63, 3.8) is 0 Å². The SMILES string of the molecule is Cc1cc(C)c(C(=O)N(C)CC2CCCCC2O)o1. The third kappa shape index (κ3) is 3.18. The smallest absolute Gasteiger partial charge is 0.289 e. The molecule has 1 heterocycles. The van der Waals surface area contributed by atoms with Crippen LogP contribution >= 0.6 is 0 Å². The molecule has 4 heteroatoms. The van der Waals surface area contributed by atoms with Crippen LogP contribution in [-0.2, 0) is 0 Å². The molecule has 1 aliphatic rings. The van der Waals surface area contributed by atoms with E-state index in [2.05, 4.69) is 0 Å². The average Bonchev–Trinajstić information content (AvgIpc) is 2.70. The fourth-order valence-electron chi connectivity index (χ4n) is 2.86. The van der Waals surface area contributed by atoms with Gasteiger partial charge in [-0.2, -0.15) is 0 Å². The highest BCUT2D eigenvalue weighted by atomic mass is 16.4. The fourth-order valence-corrected chi connectivity index (χ4v) is 2.86. The standard InChI is InChI=1S/C15H23NO3/c1-10-8-11(2)19-14(10)15(18)16(3)9-12-6-4-5-7-13(12)17/h8,12-13,17H,4-7,9H2,1-3H3. The Labute approximate surface area is 114 Å². The first-order chi connectivity index (χ1) is 8.99. The Morgan fingerprint density at radius 2 is 2.11 bits per heavy atom. The van der Waals surface area contributed by atoms with E-state index in [1.54, 1.807) is 11.9 Å². The summed E-state index contributed by atoms with van der Waals surface area (Å²) in [5, 5.41) is 9.97. The highest BCUT2D eigenvalue weighted by molar-refractivity contribution is 5.92. The highest BCUT2D eigenvalue weighted by Crippen LogP contribution is 2.25. The molecule has 106 valence electrons. The molecule has 1 amide bonds. The van der Waals surface area contributed by atoms with E-state index in [4.69, 9.17) is 4.42 Å². The molecule has 0 bridgehead atoms. The minimum atomic E-state index is -0.275. The van der Waals surface area contributed by atoms with Crippen molar-refractivity contribution in [1.82, 2.24) is 4.90 Å². The maximum atomic E-state index is 12.3. The molecule has 0 saturated heterocycles. The predicted octanol–water partition coefficient (Wildman–Crippen LogP) is 2.52. The monoisotopic (exact) mass is 265 g/mol. The van der Waals surface area contributed by atoms with Gasteiger partial charge in [-0.3, -0.25) is 4.79 Å². The summed E-state index contributed by atoms with van der Waals surface area (Å²) < 4.78 is 5.46. The zero-order valence-electron chi connectivity index (χ0n) is 12.0. The number of carbonyl (C=O) groups is 1. The molecule has 4 nitrogen and oxygen atoms in total. The van der Waals surface area contributed by atoms with E-state index in [0.29, 0.717) is 12.3 Å². The van der Waals surface area contributed by atoms with E-state index in [-0.39, 0.29) is 17.9 Å². The van der Waals surface area contributed by atoms with E-state index < -0.39 is 0 Å². The molecule has 1 saturated carbocycles. The Balaban J connectivity index is 2.01. The van der Waals surface area contributed by atoms with Gasteiger partial charge in [-0.15, -0.1) is 0 Å². The predicted molar refractivity (Wildman–Crippen MR) is 73.1 cm³/mol. The molecule has 1 fully saturated rings. The summed E-state index contributed by atoms with van der Waals surface area (Å²) in [7, 11) is 1.78. The molecule has 2 rings (SSSR count). The molecular weight excluding hydrogens is 242 g/mol. The van der Waals surface area contributed by atoms with Gasteiger partial charge in [-0.1, -0.05) is 12.8 Å². The van der Waals surface area contributed by atoms with Crippen molar-refractivity contribution < 1.29 is 14.3 Å². The van der Waals surface area contributed by atoms with Crippen LogP contribution in [0.25, 0.3) is 0 Å². The van der Waals surface area contributed by atoms with Gasteiger partial charge in [-0.25, -0.2) is 0 Å². The summed E-state index contributed by atoms with van der Waals surface area (Å²) in [6, 6.07) is 1.87. The van der Waals surface area contributed by atoms with Crippen LogP contribution in [0.3, 0.4) is 0 Å². The van der Waals surface area contributed by atoms with Crippen LogP contribution in [0.4, 0.5) is 0 Å². The lowest BCUT2D eigenvalue weighted by Crippen LogP contribution is -2.38. The largest absolute Gasteiger partial charge is 0.456 e. The van der Waals surface area contributed by atoms with Crippen LogP contribution in [0.15, 0.2) is 10.5 Å². The first-order valence-corrected chi connectivity index (χ1v) is 6.99. The van der Waals surface area contributed by atoms with Gasteiger partial charge in [0.25, 0.3) is 5.91 Å². The molecule has 0 aromatic carbocycles. The van der Waals surface area contributed by atoms with Crippen molar-refractivity contribution in [2.45, 2.75) is 45.6 Å². The van der Waals surface area contributed by atoms with Gasteiger partial charge in [0.15, 0.2) is 5.76 Å². The number of aliphatic hydroxyl groups is 1. The van der Waals surface area contributed by atoms with Gasteiger partial charge in [0.2, 0.25) is 0 Å². The van der Waals surface area contributed by atoms with Crippen LogP contribution in [-0.4, -0.2) is 35.6 Å². The second-order valence-corrected chi connectivity index (χ2v) is 5.67. The van der Waals surface area contributed by atoms with Crippen LogP contribution in [0.5, 0.6) is 0 Å². The Morgan fingerprint density at radius 3 is 2.68 bits per heavy atom. The minimum absolute atomic E-state index is 0.0941. The quantitative estimate of drug-likeness (QED) is 0.913. The number of hydrogen-bond acceptors (Lipinski definition) is 3. The van der Waals surface area contributed by atoms with E-state index in [9.17, 15) is 9.90 Å².